The summed E-state index contributed by atoms with van der Waals surface area (Å²) in [5, 5.41) is 13.7. The van der Waals surface area contributed by atoms with E-state index in [1.165, 1.54) is 44.9 Å². The van der Waals surface area contributed by atoms with Crippen LogP contribution < -0.4 is 5.32 Å². The summed E-state index contributed by atoms with van der Waals surface area (Å²) in [4.78, 5) is 16.7. The third-order valence-corrected chi connectivity index (χ3v) is 10.6. The zero-order chi connectivity index (χ0) is 21.8. The number of fused-ring (bicyclic) bond motifs is 5. The Morgan fingerprint density at radius 2 is 1.87 bits per heavy atom. The lowest BCUT2D eigenvalue weighted by Crippen LogP contribution is -2.55. The highest BCUT2D eigenvalue weighted by Gasteiger charge is 2.60. The van der Waals surface area contributed by atoms with Crippen molar-refractivity contribution in [1.82, 2.24) is 10.3 Å². The number of carbonyl (C=O) groups excluding carboxylic acids is 1. The molecule has 0 saturated heterocycles. The molecule has 1 amide bonds. The highest BCUT2D eigenvalue weighted by Crippen LogP contribution is 2.67. The van der Waals surface area contributed by atoms with Gasteiger partial charge in [0.1, 0.15) is 0 Å². The fourth-order valence-corrected chi connectivity index (χ4v) is 8.99. The third-order valence-electron chi connectivity index (χ3n) is 10.6. The SMILES string of the molecule is C[C@H](O)[C@H]1CC[C@H]2[C@@H]3CC[C@H]4C[C@H](NC(=O)c5cccnc5)CC[C@]4(C)[C@H]3CC[C@]12C. The third kappa shape index (κ3) is 3.44. The molecule has 170 valence electrons. The maximum atomic E-state index is 12.7. The number of nitrogens with zero attached hydrogens (tertiary/aromatic N) is 1. The summed E-state index contributed by atoms with van der Waals surface area (Å²) in [5.41, 5.74) is 1.43. The van der Waals surface area contributed by atoms with Gasteiger partial charge in [-0.25, -0.2) is 0 Å². The van der Waals surface area contributed by atoms with E-state index in [-0.39, 0.29) is 12.0 Å². The fourth-order valence-electron chi connectivity index (χ4n) is 8.99. The summed E-state index contributed by atoms with van der Waals surface area (Å²) >= 11 is 0. The van der Waals surface area contributed by atoms with Crippen LogP contribution in [0.25, 0.3) is 0 Å². The quantitative estimate of drug-likeness (QED) is 0.699. The van der Waals surface area contributed by atoms with Crippen molar-refractivity contribution in [3.63, 3.8) is 0 Å². The Morgan fingerprint density at radius 1 is 1.10 bits per heavy atom. The van der Waals surface area contributed by atoms with Gasteiger partial charge >= 0.3 is 0 Å². The van der Waals surface area contributed by atoms with Crippen molar-refractivity contribution in [3.05, 3.63) is 30.1 Å². The van der Waals surface area contributed by atoms with Crippen LogP contribution in [0.2, 0.25) is 0 Å². The Kier molecular flexibility index (Phi) is 5.44. The Morgan fingerprint density at radius 3 is 2.61 bits per heavy atom. The molecule has 0 aliphatic heterocycles. The molecule has 1 aromatic heterocycles. The Labute approximate surface area is 187 Å². The minimum absolute atomic E-state index is 0.0268. The van der Waals surface area contributed by atoms with E-state index in [2.05, 4.69) is 24.1 Å². The van der Waals surface area contributed by atoms with Gasteiger partial charge in [0.2, 0.25) is 0 Å². The van der Waals surface area contributed by atoms with Gasteiger partial charge in [-0.05, 0) is 117 Å². The molecule has 4 aliphatic rings. The van der Waals surface area contributed by atoms with Crippen LogP contribution in [0.4, 0.5) is 0 Å². The first-order chi connectivity index (χ1) is 14.8. The maximum Gasteiger partial charge on any atom is 0.253 e. The molecule has 4 aliphatic carbocycles. The number of hydrogen-bond acceptors (Lipinski definition) is 3. The van der Waals surface area contributed by atoms with Gasteiger partial charge in [-0.1, -0.05) is 13.8 Å². The molecular weight excluding hydrogens is 384 g/mol. The lowest BCUT2D eigenvalue weighted by Gasteiger charge is -2.61. The molecule has 0 aromatic carbocycles. The molecule has 4 saturated carbocycles. The second-order valence-corrected chi connectivity index (χ2v) is 11.8. The summed E-state index contributed by atoms with van der Waals surface area (Å²) in [7, 11) is 0. The lowest BCUT2D eigenvalue weighted by molar-refractivity contribution is -0.121. The largest absolute Gasteiger partial charge is 0.393 e. The van der Waals surface area contributed by atoms with Gasteiger partial charge in [-0.15, -0.1) is 0 Å². The molecule has 9 atom stereocenters. The van der Waals surface area contributed by atoms with Crippen LogP contribution >= 0.6 is 0 Å². The van der Waals surface area contributed by atoms with Gasteiger partial charge in [0.15, 0.2) is 0 Å². The van der Waals surface area contributed by atoms with Crippen LogP contribution in [0, 0.1) is 40.4 Å². The molecule has 0 radical (unpaired) electrons. The maximum absolute atomic E-state index is 12.7. The summed E-state index contributed by atoms with van der Waals surface area (Å²) in [6.45, 7) is 7.10. The normalized spacial score (nSPS) is 45.2. The van der Waals surface area contributed by atoms with E-state index in [1.807, 2.05) is 19.1 Å². The Hall–Kier alpha value is -1.42. The van der Waals surface area contributed by atoms with Crippen molar-refractivity contribution in [2.24, 2.45) is 40.4 Å². The summed E-state index contributed by atoms with van der Waals surface area (Å²) < 4.78 is 0. The van der Waals surface area contributed by atoms with Gasteiger partial charge in [0, 0.05) is 18.4 Å². The second-order valence-electron chi connectivity index (χ2n) is 11.8. The van der Waals surface area contributed by atoms with Gasteiger partial charge in [-0.3, -0.25) is 9.78 Å². The zero-order valence-electron chi connectivity index (χ0n) is 19.5. The monoisotopic (exact) mass is 424 g/mol. The van der Waals surface area contributed by atoms with E-state index in [0.29, 0.717) is 28.4 Å². The van der Waals surface area contributed by atoms with Crippen LogP contribution in [0.3, 0.4) is 0 Å². The van der Waals surface area contributed by atoms with E-state index in [1.54, 1.807) is 12.4 Å². The average molecular weight is 425 g/mol. The van der Waals surface area contributed by atoms with Crippen LogP contribution in [-0.4, -0.2) is 28.1 Å². The number of aromatic nitrogens is 1. The second kappa shape index (κ2) is 7.86. The molecule has 0 unspecified atom stereocenters. The lowest BCUT2D eigenvalue weighted by atomic mass is 9.44. The van der Waals surface area contributed by atoms with E-state index in [4.69, 9.17) is 0 Å². The summed E-state index contributed by atoms with van der Waals surface area (Å²) in [5.74, 6) is 3.70. The van der Waals surface area contributed by atoms with Gasteiger partial charge in [0.05, 0.1) is 11.7 Å². The number of amides is 1. The Balaban J connectivity index is 1.28. The van der Waals surface area contributed by atoms with Crippen molar-refractivity contribution >= 4 is 5.91 Å². The van der Waals surface area contributed by atoms with E-state index in [0.717, 1.165) is 36.5 Å². The van der Waals surface area contributed by atoms with Crippen molar-refractivity contribution in [2.75, 3.05) is 0 Å². The minimum Gasteiger partial charge on any atom is -0.393 e. The first-order valence-corrected chi connectivity index (χ1v) is 12.7. The minimum atomic E-state index is -0.169. The number of rotatable bonds is 3. The smallest absolute Gasteiger partial charge is 0.253 e. The topological polar surface area (TPSA) is 62.2 Å². The number of carbonyl (C=O) groups is 1. The standard InChI is InChI=1S/C27H40N2O2/c1-17(30)22-8-9-23-21-7-6-19-15-20(29-25(31)18-5-4-14-28-16-18)10-12-26(19,2)24(21)11-13-27(22,23)3/h4-5,14,16-17,19-24,30H,6-13,15H2,1-3H3,(H,29,31)/t17-,19-,20+,21-,22+,23-,24-,26-,27+/m0/s1. The summed E-state index contributed by atoms with van der Waals surface area (Å²) in [6.07, 6.45) is 14.5. The van der Waals surface area contributed by atoms with Crippen LogP contribution in [0.5, 0.6) is 0 Å². The van der Waals surface area contributed by atoms with Crippen molar-refractivity contribution in [1.29, 1.82) is 0 Å². The molecule has 0 spiro atoms. The van der Waals surface area contributed by atoms with E-state index >= 15 is 0 Å². The molecular formula is C27H40N2O2. The number of nitrogens with one attached hydrogen (secondary N) is 1. The molecule has 31 heavy (non-hydrogen) atoms. The first-order valence-electron chi connectivity index (χ1n) is 12.7. The van der Waals surface area contributed by atoms with Crippen molar-refractivity contribution in [3.8, 4) is 0 Å². The predicted molar refractivity (Wildman–Crippen MR) is 122 cm³/mol. The van der Waals surface area contributed by atoms with E-state index < -0.39 is 0 Å². The van der Waals surface area contributed by atoms with Gasteiger partial charge < -0.3 is 10.4 Å². The van der Waals surface area contributed by atoms with Crippen LogP contribution in [0.1, 0.15) is 88.9 Å². The van der Waals surface area contributed by atoms with Crippen molar-refractivity contribution < 1.29 is 9.90 Å². The Bertz CT molecular complexity index is 811. The zero-order valence-corrected chi connectivity index (χ0v) is 19.5. The number of aliphatic hydroxyl groups is 1. The molecule has 0 bridgehead atoms. The molecule has 4 heteroatoms. The van der Waals surface area contributed by atoms with E-state index in [9.17, 15) is 9.90 Å². The summed E-state index contributed by atoms with van der Waals surface area (Å²) in [6, 6.07) is 3.97. The van der Waals surface area contributed by atoms with Crippen LogP contribution in [-0.2, 0) is 0 Å². The number of aliphatic hydroxyl groups excluding tert-OH is 1. The highest BCUT2D eigenvalue weighted by atomic mass is 16.3. The molecule has 1 heterocycles. The highest BCUT2D eigenvalue weighted by molar-refractivity contribution is 5.94. The van der Waals surface area contributed by atoms with Crippen LogP contribution in [0.15, 0.2) is 24.5 Å². The molecule has 1 aromatic rings. The van der Waals surface area contributed by atoms with Crippen molar-refractivity contribution in [2.45, 2.75) is 90.7 Å². The van der Waals surface area contributed by atoms with Gasteiger partial charge in [-0.2, -0.15) is 0 Å². The average Bonchev–Trinajstić information content (AvgIpc) is 3.12. The van der Waals surface area contributed by atoms with Gasteiger partial charge in [0.25, 0.3) is 5.91 Å². The number of hydrogen-bond donors (Lipinski definition) is 2. The first kappa shape index (κ1) is 21.4. The molecule has 2 N–H and O–H groups in total. The molecule has 4 fully saturated rings. The molecule has 5 rings (SSSR count). The number of pyridine rings is 1. The predicted octanol–water partition coefficient (Wildman–Crippen LogP) is 5.22. The fraction of sp³-hybridized carbons (Fsp3) is 0.778. The molecule has 4 nitrogen and oxygen atoms in total.